The Morgan fingerprint density at radius 3 is 2.88 bits per heavy atom. The third-order valence-electron chi connectivity index (χ3n) is 3.55. The van der Waals surface area contributed by atoms with Gasteiger partial charge >= 0.3 is 11.9 Å². The van der Waals surface area contributed by atoms with Crippen LogP contribution in [0.25, 0.3) is 0 Å². The minimum absolute atomic E-state index is 0.0396. The predicted octanol–water partition coefficient (Wildman–Crippen LogP) is -0.964. The average molecular weight is 371 g/mol. The van der Waals surface area contributed by atoms with Crippen LogP contribution in [0.1, 0.15) is 0 Å². The molecule has 4 N–H and O–H groups in total. The second-order valence-electron chi connectivity index (χ2n) is 5.12. The van der Waals surface area contributed by atoms with Gasteiger partial charge in [0.05, 0.1) is 0 Å². The summed E-state index contributed by atoms with van der Waals surface area (Å²) < 4.78 is 1.36. The normalized spacial score (nSPS) is 23.0. The fourth-order valence-electron chi connectivity index (χ4n) is 2.45. The van der Waals surface area contributed by atoms with Crippen LogP contribution in [0.2, 0.25) is 0 Å². The third kappa shape index (κ3) is 2.87. The lowest BCUT2D eigenvalue weighted by Crippen LogP contribution is -2.68. The number of carbonyl (C=O) groups excluding carboxylic acids is 1. The van der Waals surface area contributed by atoms with Gasteiger partial charge in [-0.1, -0.05) is 11.8 Å². The summed E-state index contributed by atoms with van der Waals surface area (Å²) >= 11 is 2.59. The topological polar surface area (TPSA) is 152 Å². The number of carboxylic acid groups (broad SMARTS) is 2. The maximum absolute atomic E-state index is 11.9. The number of carbonyl (C=O) groups is 3. The Labute approximate surface area is 144 Å². The summed E-state index contributed by atoms with van der Waals surface area (Å²) in [5.74, 6) is -1.91. The number of rotatable bonds is 6. The van der Waals surface area contributed by atoms with Gasteiger partial charge in [0.25, 0.3) is 0 Å². The molecule has 2 atom stereocenters. The molecule has 1 saturated heterocycles. The Balaban J connectivity index is 1.78. The van der Waals surface area contributed by atoms with Gasteiger partial charge in [-0.05, 0) is 5.57 Å². The van der Waals surface area contributed by atoms with E-state index in [0.29, 0.717) is 16.5 Å². The monoisotopic (exact) mass is 371 g/mol. The molecule has 1 aromatic rings. The molecule has 0 aromatic carbocycles. The second-order valence-corrected chi connectivity index (χ2v) is 7.16. The number of hydrogen-bond donors (Lipinski definition) is 3. The number of nitrogens with zero attached hydrogens (tertiary/aromatic N) is 4. The molecule has 0 bridgehead atoms. The van der Waals surface area contributed by atoms with Crippen LogP contribution in [-0.2, 0) is 20.9 Å². The quantitative estimate of drug-likeness (QED) is 0.421. The lowest BCUT2D eigenvalue weighted by Gasteiger charge is -2.48. The Kier molecular flexibility index (Phi) is 4.51. The van der Waals surface area contributed by atoms with Crippen LogP contribution in [0.3, 0.4) is 0 Å². The fourth-order valence-corrected chi connectivity index (χ4v) is 4.80. The van der Waals surface area contributed by atoms with Crippen LogP contribution in [0.15, 0.2) is 22.8 Å². The van der Waals surface area contributed by atoms with E-state index in [1.807, 2.05) is 0 Å². The van der Waals surface area contributed by atoms with E-state index in [-0.39, 0.29) is 23.4 Å². The average Bonchev–Trinajstić information content (AvgIpc) is 2.97. The van der Waals surface area contributed by atoms with Crippen molar-refractivity contribution < 1.29 is 24.6 Å². The molecule has 0 saturated carbocycles. The largest absolute Gasteiger partial charge is 0.480 e. The van der Waals surface area contributed by atoms with E-state index in [9.17, 15) is 19.5 Å². The van der Waals surface area contributed by atoms with Gasteiger partial charge < -0.3 is 15.9 Å². The minimum atomic E-state index is -1.18. The molecule has 3 heterocycles. The molecular weight excluding hydrogens is 358 g/mol. The highest BCUT2D eigenvalue weighted by molar-refractivity contribution is 8.01. The molecule has 0 radical (unpaired) electrons. The SMILES string of the molecule is NC1C(=O)N2C(C(=O)O)=C(CSc3nncn3CC(=O)O)CS[C@H]12. The number of fused-ring (bicyclic) bond motifs is 1. The zero-order chi connectivity index (χ0) is 17.4. The van der Waals surface area contributed by atoms with Crippen LogP contribution >= 0.6 is 23.5 Å². The van der Waals surface area contributed by atoms with Gasteiger partial charge in [0.1, 0.15) is 30.0 Å². The summed E-state index contributed by atoms with van der Waals surface area (Å²) in [7, 11) is 0. The molecule has 3 rings (SSSR count). The first-order chi connectivity index (χ1) is 11.4. The van der Waals surface area contributed by atoms with E-state index in [4.69, 9.17) is 10.8 Å². The molecule has 1 fully saturated rings. The van der Waals surface area contributed by atoms with E-state index < -0.39 is 23.9 Å². The first-order valence-corrected chi connectivity index (χ1v) is 8.81. The standard InChI is InChI=1S/C12H13N5O5S2/c13-7-9(20)17-8(11(21)22)5(2-23-10(7)17)3-24-12-15-14-4-16(12)1-6(18)19/h4,7,10H,1-3,13H2,(H,18,19)(H,21,22)/t7?,10-/m1/s1. The molecule has 1 unspecified atom stereocenters. The molecule has 12 heteroatoms. The van der Waals surface area contributed by atoms with Crippen molar-refractivity contribution in [2.75, 3.05) is 11.5 Å². The van der Waals surface area contributed by atoms with Gasteiger partial charge in [-0.2, -0.15) is 0 Å². The van der Waals surface area contributed by atoms with Crippen molar-refractivity contribution in [3.05, 3.63) is 17.6 Å². The molecule has 128 valence electrons. The highest BCUT2D eigenvalue weighted by Crippen LogP contribution is 2.40. The van der Waals surface area contributed by atoms with Gasteiger partial charge in [-0.15, -0.1) is 22.0 Å². The van der Waals surface area contributed by atoms with Gasteiger partial charge in [0.15, 0.2) is 5.16 Å². The van der Waals surface area contributed by atoms with Gasteiger partial charge in [0, 0.05) is 11.5 Å². The zero-order valence-electron chi connectivity index (χ0n) is 12.2. The molecule has 10 nitrogen and oxygen atoms in total. The number of hydrogen-bond acceptors (Lipinski definition) is 8. The molecule has 0 aliphatic carbocycles. The van der Waals surface area contributed by atoms with Crippen LogP contribution in [-0.4, -0.2) is 70.6 Å². The van der Waals surface area contributed by atoms with E-state index in [1.54, 1.807) is 0 Å². The number of β-lactam (4-membered cyclic amide) rings is 1. The first-order valence-electron chi connectivity index (χ1n) is 6.78. The maximum Gasteiger partial charge on any atom is 0.352 e. The number of amides is 1. The molecule has 2 aliphatic rings. The minimum Gasteiger partial charge on any atom is -0.480 e. The van der Waals surface area contributed by atoms with E-state index in [1.165, 1.54) is 39.3 Å². The lowest BCUT2D eigenvalue weighted by molar-refractivity contribution is -0.147. The van der Waals surface area contributed by atoms with Crippen molar-refractivity contribution in [3.8, 4) is 0 Å². The number of aliphatic carboxylic acids is 2. The Hall–Kier alpha value is -2.05. The smallest absolute Gasteiger partial charge is 0.352 e. The summed E-state index contributed by atoms with van der Waals surface area (Å²) in [5.41, 5.74) is 6.22. The summed E-state index contributed by atoms with van der Waals surface area (Å²) in [6, 6.07) is -0.669. The molecule has 1 amide bonds. The van der Waals surface area contributed by atoms with Gasteiger partial charge in [-0.25, -0.2) is 4.79 Å². The van der Waals surface area contributed by atoms with Crippen molar-refractivity contribution in [2.45, 2.75) is 23.1 Å². The van der Waals surface area contributed by atoms with Crippen molar-refractivity contribution >= 4 is 41.4 Å². The number of aromatic nitrogens is 3. The van der Waals surface area contributed by atoms with Gasteiger partial charge in [-0.3, -0.25) is 19.1 Å². The van der Waals surface area contributed by atoms with Crippen LogP contribution in [0.5, 0.6) is 0 Å². The second kappa shape index (κ2) is 6.45. The number of nitrogens with two attached hydrogens (primary N) is 1. The highest BCUT2D eigenvalue weighted by Gasteiger charge is 2.51. The Bertz CT molecular complexity index is 748. The van der Waals surface area contributed by atoms with E-state index in [0.717, 1.165) is 0 Å². The van der Waals surface area contributed by atoms with Crippen molar-refractivity contribution in [1.29, 1.82) is 0 Å². The molecular formula is C12H13N5O5S2. The van der Waals surface area contributed by atoms with Crippen molar-refractivity contribution in [2.24, 2.45) is 5.73 Å². The number of carboxylic acids is 2. The molecule has 24 heavy (non-hydrogen) atoms. The molecule has 1 aromatic heterocycles. The molecule has 2 aliphatic heterocycles. The summed E-state index contributed by atoms with van der Waals surface area (Å²) in [6.07, 6.45) is 1.30. The van der Waals surface area contributed by atoms with Crippen molar-refractivity contribution in [1.82, 2.24) is 19.7 Å². The third-order valence-corrected chi connectivity index (χ3v) is 5.98. The Morgan fingerprint density at radius 1 is 1.46 bits per heavy atom. The molecule has 0 spiro atoms. The summed E-state index contributed by atoms with van der Waals surface area (Å²) in [4.78, 5) is 35.4. The highest BCUT2D eigenvalue weighted by atomic mass is 32.2. The zero-order valence-corrected chi connectivity index (χ0v) is 13.8. The van der Waals surface area contributed by atoms with Crippen LogP contribution < -0.4 is 5.73 Å². The first kappa shape index (κ1) is 16.8. The van der Waals surface area contributed by atoms with E-state index >= 15 is 0 Å². The summed E-state index contributed by atoms with van der Waals surface area (Å²) in [6.45, 7) is -0.281. The van der Waals surface area contributed by atoms with Crippen molar-refractivity contribution in [3.63, 3.8) is 0 Å². The summed E-state index contributed by atoms with van der Waals surface area (Å²) in [5, 5.41) is 25.8. The Morgan fingerprint density at radius 2 is 2.21 bits per heavy atom. The lowest BCUT2D eigenvalue weighted by atomic mass is 10.0. The fraction of sp³-hybridized carbons (Fsp3) is 0.417. The number of thioether (sulfide) groups is 2. The van der Waals surface area contributed by atoms with Crippen LogP contribution in [0, 0.1) is 0 Å². The van der Waals surface area contributed by atoms with Gasteiger partial charge in [0.2, 0.25) is 5.91 Å². The maximum atomic E-state index is 11.9. The van der Waals surface area contributed by atoms with Crippen LogP contribution in [0.4, 0.5) is 0 Å². The van der Waals surface area contributed by atoms with E-state index in [2.05, 4.69) is 10.2 Å². The predicted molar refractivity (Wildman–Crippen MR) is 84.1 cm³/mol.